The molecule has 0 radical (unpaired) electrons. The van der Waals surface area contributed by atoms with Gasteiger partial charge in [0, 0.05) is 0 Å². The summed E-state index contributed by atoms with van der Waals surface area (Å²) < 4.78 is 0. The lowest BCUT2D eigenvalue weighted by Gasteiger charge is -2.35. The summed E-state index contributed by atoms with van der Waals surface area (Å²) in [5.41, 5.74) is 5.02. The molecule has 1 saturated carbocycles. The third-order valence-corrected chi connectivity index (χ3v) is 4.34. The molecule has 15 heavy (non-hydrogen) atoms. The van der Waals surface area contributed by atoms with Crippen LogP contribution in [0.1, 0.15) is 53.4 Å². The zero-order valence-corrected chi connectivity index (χ0v) is 10.6. The van der Waals surface area contributed by atoms with Crippen LogP contribution in [0.25, 0.3) is 0 Å². The summed E-state index contributed by atoms with van der Waals surface area (Å²) >= 11 is 0. The van der Waals surface area contributed by atoms with Crippen molar-refractivity contribution in [1.29, 1.82) is 0 Å². The molecule has 2 rings (SSSR count). The van der Waals surface area contributed by atoms with E-state index in [0.29, 0.717) is 0 Å². The Bertz CT molecular complexity index is 302. The number of fused-ring (bicyclic) bond motifs is 1. The molecule has 1 fully saturated rings. The summed E-state index contributed by atoms with van der Waals surface area (Å²) in [6.45, 7) is 9.28. The van der Waals surface area contributed by atoms with Crippen LogP contribution >= 0.6 is 0 Å². The van der Waals surface area contributed by atoms with Gasteiger partial charge in [-0.1, -0.05) is 29.7 Å². The van der Waals surface area contributed by atoms with Crippen LogP contribution in [-0.2, 0) is 0 Å². The molecule has 0 aromatic carbocycles. The van der Waals surface area contributed by atoms with Gasteiger partial charge in [0.05, 0.1) is 0 Å². The topological polar surface area (TPSA) is 0 Å². The third kappa shape index (κ3) is 2.04. The van der Waals surface area contributed by atoms with Gasteiger partial charge in [0.1, 0.15) is 0 Å². The lowest BCUT2D eigenvalue weighted by Crippen LogP contribution is -2.25. The molecule has 84 valence electrons. The van der Waals surface area contributed by atoms with Crippen LogP contribution in [0.2, 0.25) is 0 Å². The van der Waals surface area contributed by atoms with Gasteiger partial charge >= 0.3 is 0 Å². The summed E-state index contributed by atoms with van der Waals surface area (Å²) in [6, 6.07) is 0. The number of hydrogen-bond donors (Lipinski definition) is 0. The van der Waals surface area contributed by atoms with Crippen molar-refractivity contribution in [2.45, 2.75) is 53.4 Å². The van der Waals surface area contributed by atoms with E-state index in [2.05, 4.69) is 33.8 Å². The van der Waals surface area contributed by atoms with E-state index in [-0.39, 0.29) is 0 Å². The van der Waals surface area contributed by atoms with Crippen molar-refractivity contribution in [2.24, 2.45) is 17.8 Å². The van der Waals surface area contributed by atoms with Crippen molar-refractivity contribution in [3.8, 4) is 0 Å². The van der Waals surface area contributed by atoms with Crippen molar-refractivity contribution >= 4 is 0 Å². The fourth-order valence-electron chi connectivity index (χ4n) is 3.48. The summed E-state index contributed by atoms with van der Waals surface area (Å²) in [4.78, 5) is 0. The number of allylic oxidation sites excluding steroid dienone is 4. The molecule has 0 aromatic rings. The van der Waals surface area contributed by atoms with E-state index < -0.39 is 0 Å². The summed E-state index contributed by atoms with van der Waals surface area (Å²) in [5.74, 6) is 2.61. The maximum Gasteiger partial charge on any atom is -0.0132 e. The Morgan fingerprint density at radius 2 is 1.93 bits per heavy atom. The van der Waals surface area contributed by atoms with Gasteiger partial charge in [-0.2, -0.15) is 0 Å². The first kappa shape index (κ1) is 11.0. The summed E-state index contributed by atoms with van der Waals surface area (Å²) in [5, 5.41) is 0. The molecule has 0 aromatic heterocycles. The average molecular weight is 204 g/mol. The minimum absolute atomic E-state index is 0.830. The molecule has 2 aliphatic carbocycles. The largest absolute Gasteiger partial charge is 0.0819 e. The normalized spacial score (nSPS) is 35.3. The van der Waals surface area contributed by atoms with E-state index in [1.165, 1.54) is 31.3 Å². The van der Waals surface area contributed by atoms with Crippen molar-refractivity contribution in [1.82, 2.24) is 0 Å². The van der Waals surface area contributed by atoms with Crippen LogP contribution in [0, 0.1) is 17.8 Å². The van der Waals surface area contributed by atoms with Crippen LogP contribution in [0.15, 0.2) is 22.8 Å². The maximum absolute atomic E-state index is 2.53. The highest BCUT2D eigenvalue weighted by Crippen LogP contribution is 2.47. The Labute approximate surface area is 94.5 Å². The summed E-state index contributed by atoms with van der Waals surface area (Å²) in [7, 11) is 0. The van der Waals surface area contributed by atoms with Crippen LogP contribution in [0.3, 0.4) is 0 Å². The Hall–Kier alpha value is -0.520. The first-order valence-electron chi connectivity index (χ1n) is 6.43. The summed E-state index contributed by atoms with van der Waals surface area (Å²) in [6.07, 6.45) is 8.09. The molecule has 3 atom stereocenters. The molecular weight excluding hydrogens is 180 g/mol. The van der Waals surface area contributed by atoms with Gasteiger partial charge < -0.3 is 0 Å². The van der Waals surface area contributed by atoms with Crippen molar-refractivity contribution in [3.05, 3.63) is 22.8 Å². The van der Waals surface area contributed by atoms with E-state index >= 15 is 0 Å². The molecule has 0 heterocycles. The van der Waals surface area contributed by atoms with E-state index in [1.54, 1.807) is 5.57 Å². The fourth-order valence-corrected chi connectivity index (χ4v) is 3.48. The minimum Gasteiger partial charge on any atom is -0.0819 e. The zero-order chi connectivity index (χ0) is 11.0. The maximum atomic E-state index is 2.53. The van der Waals surface area contributed by atoms with Gasteiger partial charge in [-0.25, -0.2) is 0 Å². The lowest BCUT2D eigenvalue weighted by atomic mass is 9.70. The highest BCUT2D eigenvalue weighted by molar-refractivity contribution is 5.26. The Kier molecular flexibility index (Phi) is 3.04. The molecule has 0 bridgehead atoms. The highest BCUT2D eigenvalue weighted by Gasteiger charge is 2.35. The molecule has 0 N–H and O–H groups in total. The molecule has 0 spiro atoms. The second kappa shape index (κ2) is 4.15. The number of hydrogen-bond acceptors (Lipinski definition) is 0. The fraction of sp³-hybridized carbons (Fsp3) is 0.733. The van der Waals surface area contributed by atoms with Crippen molar-refractivity contribution < 1.29 is 0 Å². The average Bonchev–Trinajstić information content (AvgIpc) is 2.52. The van der Waals surface area contributed by atoms with Crippen LogP contribution < -0.4 is 0 Å². The predicted molar refractivity (Wildman–Crippen MR) is 66.7 cm³/mol. The van der Waals surface area contributed by atoms with Gasteiger partial charge in [-0.3, -0.25) is 0 Å². The smallest absolute Gasteiger partial charge is 0.0132 e. The quantitative estimate of drug-likeness (QED) is 0.542. The van der Waals surface area contributed by atoms with Crippen molar-refractivity contribution in [3.63, 3.8) is 0 Å². The first-order valence-corrected chi connectivity index (χ1v) is 6.43. The second-order valence-electron chi connectivity index (χ2n) is 5.79. The second-order valence-corrected chi connectivity index (χ2v) is 5.79. The van der Waals surface area contributed by atoms with E-state index in [0.717, 1.165) is 17.8 Å². The Morgan fingerprint density at radius 3 is 2.60 bits per heavy atom. The predicted octanol–water partition coefficient (Wildman–Crippen LogP) is 4.73. The van der Waals surface area contributed by atoms with Gasteiger partial charge in [0.25, 0.3) is 0 Å². The van der Waals surface area contributed by atoms with Crippen LogP contribution in [0.4, 0.5) is 0 Å². The van der Waals surface area contributed by atoms with E-state index in [9.17, 15) is 0 Å². The van der Waals surface area contributed by atoms with Gasteiger partial charge in [-0.05, 0) is 64.2 Å². The third-order valence-electron chi connectivity index (χ3n) is 4.34. The lowest BCUT2D eigenvalue weighted by molar-refractivity contribution is 0.268. The SMILES string of the molecule is CC(C)=CC1C2CCC(C)=C2CC[C@@H]1C. The molecule has 0 amide bonds. The first-order chi connectivity index (χ1) is 7.09. The highest BCUT2D eigenvalue weighted by atomic mass is 14.4. The standard InChI is InChI=1S/C15H24/c1-10(2)9-15-12(4)5-7-13-11(3)6-8-14(13)15/h9,12,14-15H,5-8H2,1-4H3/t12-,14?,15?/m0/s1. The molecular formula is C15H24. The van der Waals surface area contributed by atoms with Crippen LogP contribution in [0.5, 0.6) is 0 Å². The molecule has 0 nitrogen and oxygen atoms in total. The Morgan fingerprint density at radius 1 is 1.20 bits per heavy atom. The molecule has 0 saturated heterocycles. The number of rotatable bonds is 1. The molecule has 2 aliphatic rings. The van der Waals surface area contributed by atoms with Crippen molar-refractivity contribution in [2.75, 3.05) is 0 Å². The van der Waals surface area contributed by atoms with Gasteiger partial charge in [-0.15, -0.1) is 0 Å². The van der Waals surface area contributed by atoms with Gasteiger partial charge in [0.15, 0.2) is 0 Å². The Balaban J connectivity index is 2.25. The molecule has 0 heteroatoms. The monoisotopic (exact) mass is 204 g/mol. The van der Waals surface area contributed by atoms with Crippen LogP contribution in [-0.4, -0.2) is 0 Å². The van der Waals surface area contributed by atoms with E-state index in [4.69, 9.17) is 0 Å². The minimum atomic E-state index is 0.830. The van der Waals surface area contributed by atoms with Gasteiger partial charge in [0.2, 0.25) is 0 Å². The molecule has 2 unspecified atom stereocenters. The molecule has 0 aliphatic heterocycles. The van der Waals surface area contributed by atoms with E-state index in [1.807, 2.05) is 5.57 Å². The zero-order valence-electron chi connectivity index (χ0n) is 10.6.